The lowest BCUT2D eigenvalue weighted by Crippen LogP contribution is -2.14. The Labute approximate surface area is 96.3 Å². The minimum absolute atomic E-state index is 0.131. The minimum Gasteiger partial charge on any atom is -0.481 e. The maximum atomic E-state index is 13.3. The molecule has 0 saturated heterocycles. The Balaban J connectivity index is 2.71. The van der Waals surface area contributed by atoms with Crippen molar-refractivity contribution in [2.24, 2.45) is 0 Å². The fourth-order valence-corrected chi connectivity index (χ4v) is 1.18. The molecule has 92 valence electrons. The van der Waals surface area contributed by atoms with Gasteiger partial charge in [0.25, 0.3) is 0 Å². The van der Waals surface area contributed by atoms with E-state index in [9.17, 15) is 18.4 Å². The maximum absolute atomic E-state index is 13.3. The standard InChI is InChI=1S/C11H11F2NO3/c1-6-4-8(13)9(5-7(6)12)14-10(15)2-3-11(16)17/h4-5H,2-3H2,1H3,(H,14,15)(H,16,17). The third-order valence-electron chi connectivity index (χ3n) is 2.09. The van der Waals surface area contributed by atoms with E-state index in [0.29, 0.717) is 0 Å². The lowest BCUT2D eigenvalue weighted by molar-refractivity contribution is -0.138. The molecule has 0 spiro atoms. The number of aliphatic carboxylic acids is 1. The Hall–Kier alpha value is -1.98. The highest BCUT2D eigenvalue weighted by Crippen LogP contribution is 2.19. The molecule has 1 rings (SSSR count). The maximum Gasteiger partial charge on any atom is 0.303 e. The summed E-state index contributed by atoms with van der Waals surface area (Å²) in [7, 11) is 0. The third kappa shape index (κ3) is 3.82. The SMILES string of the molecule is Cc1cc(F)c(NC(=O)CCC(=O)O)cc1F. The van der Waals surface area contributed by atoms with Gasteiger partial charge < -0.3 is 10.4 Å². The van der Waals surface area contributed by atoms with E-state index in [1.807, 2.05) is 0 Å². The summed E-state index contributed by atoms with van der Waals surface area (Å²) in [5.41, 5.74) is -0.158. The summed E-state index contributed by atoms with van der Waals surface area (Å²) in [5, 5.41) is 10.5. The van der Waals surface area contributed by atoms with Gasteiger partial charge in [0.15, 0.2) is 0 Å². The molecule has 0 atom stereocenters. The molecule has 1 aromatic carbocycles. The second-order valence-corrected chi connectivity index (χ2v) is 3.52. The van der Waals surface area contributed by atoms with Gasteiger partial charge in [0, 0.05) is 12.5 Å². The number of hydrogen-bond acceptors (Lipinski definition) is 2. The average molecular weight is 243 g/mol. The average Bonchev–Trinajstić information content (AvgIpc) is 2.23. The van der Waals surface area contributed by atoms with E-state index in [2.05, 4.69) is 5.32 Å². The fraction of sp³-hybridized carbons (Fsp3) is 0.273. The van der Waals surface area contributed by atoms with Gasteiger partial charge in [-0.1, -0.05) is 0 Å². The van der Waals surface area contributed by atoms with Gasteiger partial charge in [0.1, 0.15) is 11.6 Å². The van der Waals surface area contributed by atoms with E-state index in [0.717, 1.165) is 12.1 Å². The minimum atomic E-state index is -1.13. The summed E-state index contributed by atoms with van der Waals surface area (Å²) in [6.45, 7) is 1.40. The zero-order valence-corrected chi connectivity index (χ0v) is 9.09. The van der Waals surface area contributed by atoms with Gasteiger partial charge in [-0.2, -0.15) is 0 Å². The van der Waals surface area contributed by atoms with Crippen LogP contribution in [0.3, 0.4) is 0 Å². The lowest BCUT2D eigenvalue weighted by Gasteiger charge is -2.07. The Kier molecular flexibility index (Phi) is 4.14. The van der Waals surface area contributed by atoms with Crippen LogP contribution >= 0.6 is 0 Å². The lowest BCUT2D eigenvalue weighted by atomic mass is 10.2. The summed E-state index contributed by atoms with van der Waals surface area (Å²) in [5.74, 6) is -3.20. The molecule has 2 N–H and O–H groups in total. The Morgan fingerprint density at radius 3 is 2.47 bits per heavy atom. The van der Waals surface area contributed by atoms with E-state index in [1.165, 1.54) is 6.92 Å². The van der Waals surface area contributed by atoms with Crippen LogP contribution in [0.25, 0.3) is 0 Å². The van der Waals surface area contributed by atoms with Crippen molar-refractivity contribution in [3.05, 3.63) is 29.3 Å². The molecule has 6 heteroatoms. The van der Waals surface area contributed by atoms with E-state index in [4.69, 9.17) is 5.11 Å². The molecule has 0 fully saturated rings. The fourth-order valence-electron chi connectivity index (χ4n) is 1.18. The second-order valence-electron chi connectivity index (χ2n) is 3.52. The van der Waals surface area contributed by atoms with Gasteiger partial charge in [0.2, 0.25) is 5.91 Å². The van der Waals surface area contributed by atoms with Crippen LogP contribution in [-0.4, -0.2) is 17.0 Å². The largest absolute Gasteiger partial charge is 0.481 e. The molecule has 0 bridgehead atoms. The highest BCUT2D eigenvalue weighted by molar-refractivity contribution is 5.92. The van der Waals surface area contributed by atoms with Crippen molar-refractivity contribution in [2.45, 2.75) is 19.8 Å². The van der Waals surface area contributed by atoms with E-state index in [-0.39, 0.29) is 24.1 Å². The number of benzene rings is 1. The number of rotatable bonds is 4. The Morgan fingerprint density at radius 2 is 1.88 bits per heavy atom. The topological polar surface area (TPSA) is 66.4 Å². The summed E-state index contributed by atoms with van der Waals surface area (Å²) >= 11 is 0. The van der Waals surface area contributed by atoms with Crippen LogP contribution in [0.5, 0.6) is 0 Å². The van der Waals surface area contributed by atoms with Crippen molar-refractivity contribution in [1.29, 1.82) is 0 Å². The number of carbonyl (C=O) groups excluding carboxylic acids is 1. The predicted octanol–water partition coefficient (Wildman–Crippen LogP) is 2.08. The molecule has 17 heavy (non-hydrogen) atoms. The van der Waals surface area contributed by atoms with Crippen LogP contribution in [0.1, 0.15) is 18.4 Å². The first kappa shape index (κ1) is 13.1. The number of halogens is 2. The second kappa shape index (κ2) is 5.38. The first-order valence-corrected chi connectivity index (χ1v) is 4.87. The van der Waals surface area contributed by atoms with Gasteiger partial charge in [-0.25, -0.2) is 8.78 Å². The molecular weight excluding hydrogens is 232 g/mol. The molecular formula is C11H11F2NO3. The van der Waals surface area contributed by atoms with Gasteiger partial charge >= 0.3 is 5.97 Å². The molecule has 0 radical (unpaired) electrons. The number of amides is 1. The third-order valence-corrected chi connectivity index (χ3v) is 2.09. The molecule has 1 aromatic rings. The van der Waals surface area contributed by atoms with Crippen LogP contribution in [0.4, 0.5) is 14.5 Å². The molecule has 0 aliphatic rings. The van der Waals surface area contributed by atoms with E-state index in [1.54, 1.807) is 0 Å². The number of nitrogens with one attached hydrogen (secondary N) is 1. The normalized spacial score (nSPS) is 10.1. The predicted molar refractivity (Wildman–Crippen MR) is 56.6 cm³/mol. The van der Waals surface area contributed by atoms with E-state index >= 15 is 0 Å². The zero-order valence-electron chi connectivity index (χ0n) is 9.09. The van der Waals surface area contributed by atoms with E-state index < -0.39 is 23.5 Å². The van der Waals surface area contributed by atoms with Crippen LogP contribution in [-0.2, 0) is 9.59 Å². The Morgan fingerprint density at radius 1 is 1.24 bits per heavy atom. The number of anilines is 1. The van der Waals surface area contributed by atoms with Gasteiger partial charge in [-0.15, -0.1) is 0 Å². The molecule has 0 aromatic heterocycles. The van der Waals surface area contributed by atoms with Crippen molar-refractivity contribution in [2.75, 3.05) is 5.32 Å². The zero-order chi connectivity index (χ0) is 13.0. The molecule has 0 unspecified atom stereocenters. The molecule has 4 nitrogen and oxygen atoms in total. The van der Waals surface area contributed by atoms with Crippen LogP contribution in [0, 0.1) is 18.6 Å². The van der Waals surface area contributed by atoms with Gasteiger partial charge in [0.05, 0.1) is 12.1 Å². The summed E-state index contributed by atoms with van der Waals surface area (Å²) in [4.78, 5) is 21.4. The van der Waals surface area contributed by atoms with Crippen molar-refractivity contribution >= 4 is 17.6 Å². The van der Waals surface area contributed by atoms with Gasteiger partial charge in [-0.3, -0.25) is 9.59 Å². The summed E-state index contributed by atoms with van der Waals surface area (Å²) in [6, 6.07) is 1.82. The van der Waals surface area contributed by atoms with Crippen molar-refractivity contribution < 1.29 is 23.5 Å². The van der Waals surface area contributed by atoms with Crippen LogP contribution in [0.15, 0.2) is 12.1 Å². The number of carboxylic acid groups (broad SMARTS) is 1. The monoisotopic (exact) mass is 243 g/mol. The number of aryl methyl sites for hydroxylation is 1. The highest BCUT2D eigenvalue weighted by Gasteiger charge is 2.11. The quantitative estimate of drug-likeness (QED) is 0.850. The van der Waals surface area contributed by atoms with Crippen LogP contribution < -0.4 is 5.32 Å². The first-order valence-electron chi connectivity index (χ1n) is 4.87. The summed E-state index contributed by atoms with van der Waals surface area (Å²) < 4.78 is 26.4. The van der Waals surface area contributed by atoms with Crippen LogP contribution in [0.2, 0.25) is 0 Å². The molecule has 0 heterocycles. The van der Waals surface area contributed by atoms with Crippen molar-refractivity contribution in [1.82, 2.24) is 0 Å². The van der Waals surface area contributed by atoms with Crippen molar-refractivity contribution in [3.8, 4) is 0 Å². The molecule has 0 aliphatic heterocycles. The smallest absolute Gasteiger partial charge is 0.303 e. The Bertz CT molecular complexity index is 460. The first-order chi connectivity index (χ1) is 7.90. The molecule has 0 saturated carbocycles. The summed E-state index contributed by atoms with van der Waals surface area (Å²) in [6.07, 6.45) is -0.647. The molecule has 1 amide bonds. The number of hydrogen-bond donors (Lipinski definition) is 2. The highest BCUT2D eigenvalue weighted by atomic mass is 19.1. The van der Waals surface area contributed by atoms with Crippen molar-refractivity contribution in [3.63, 3.8) is 0 Å². The molecule has 0 aliphatic carbocycles. The van der Waals surface area contributed by atoms with Gasteiger partial charge in [-0.05, 0) is 18.6 Å². The number of carbonyl (C=O) groups is 2. The number of carboxylic acids is 1.